The van der Waals surface area contributed by atoms with Gasteiger partial charge in [0.1, 0.15) is 4.83 Å². The summed E-state index contributed by atoms with van der Waals surface area (Å²) < 4.78 is 1.60. The Kier molecular flexibility index (Phi) is 5.67. The second-order valence-electron chi connectivity index (χ2n) is 6.57. The lowest BCUT2D eigenvalue weighted by atomic mass is 10.0. The molecule has 3 aromatic rings. The fourth-order valence-electron chi connectivity index (χ4n) is 2.84. The van der Waals surface area contributed by atoms with Gasteiger partial charge < -0.3 is 0 Å². The van der Waals surface area contributed by atoms with E-state index in [9.17, 15) is 9.59 Å². The molecule has 140 valence electrons. The molecule has 0 bridgehead atoms. The second-order valence-corrected chi connectivity index (χ2v) is 8.72. The van der Waals surface area contributed by atoms with Crippen molar-refractivity contribution >= 4 is 39.1 Å². The Balaban J connectivity index is 1.94. The maximum Gasteiger partial charge on any atom is 0.263 e. The third-order valence-corrected chi connectivity index (χ3v) is 6.80. The smallest absolute Gasteiger partial charge is 0.263 e. The highest BCUT2D eigenvalue weighted by Gasteiger charge is 2.17. The van der Waals surface area contributed by atoms with Gasteiger partial charge in [-0.25, -0.2) is 4.98 Å². The van der Waals surface area contributed by atoms with Gasteiger partial charge in [-0.1, -0.05) is 30.0 Å². The Labute approximate surface area is 167 Å². The number of benzene rings is 1. The van der Waals surface area contributed by atoms with Crippen molar-refractivity contribution in [2.24, 2.45) is 0 Å². The molecular formula is C21H22N2O2S2. The molecule has 0 atom stereocenters. The van der Waals surface area contributed by atoms with Crippen molar-refractivity contribution in [1.29, 1.82) is 0 Å². The van der Waals surface area contributed by atoms with Crippen LogP contribution in [0, 0.1) is 27.7 Å². The third-order valence-electron chi connectivity index (χ3n) is 4.73. The van der Waals surface area contributed by atoms with Crippen molar-refractivity contribution in [2.75, 3.05) is 5.75 Å². The van der Waals surface area contributed by atoms with E-state index in [1.54, 1.807) is 10.6 Å². The summed E-state index contributed by atoms with van der Waals surface area (Å²) in [6, 6.07) is 5.73. The monoisotopic (exact) mass is 398 g/mol. The molecule has 0 aliphatic rings. The number of fused-ring (bicyclic) bond motifs is 1. The molecule has 2 aromatic heterocycles. The number of nitrogens with zero attached hydrogens (tertiary/aromatic N) is 2. The van der Waals surface area contributed by atoms with E-state index in [-0.39, 0.29) is 17.1 Å². The summed E-state index contributed by atoms with van der Waals surface area (Å²) in [6.07, 6.45) is 1.68. The fraction of sp³-hybridized carbons (Fsp3) is 0.286. The van der Waals surface area contributed by atoms with Crippen LogP contribution in [0.25, 0.3) is 10.2 Å². The van der Waals surface area contributed by atoms with Gasteiger partial charge in [0.25, 0.3) is 5.56 Å². The summed E-state index contributed by atoms with van der Waals surface area (Å²) in [5.41, 5.74) is 3.86. The number of hydrogen-bond acceptors (Lipinski definition) is 5. The van der Waals surface area contributed by atoms with Crippen molar-refractivity contribution in [1.82, 2.24) is 9.55 Å². The summed E-state index contributed by atoms with van der Waals surface area (Å²) in [5.74, 6) is 0.266. The van der Waals surface area contributed by atoms with Gasteiger partial charge >= 0.3 is 0 Å². The first-order valence-electron chi connectivity index (χ1n) is 8.68. The molecule has 1 aromatic carbocycles. The Hall–Kier alpha value is -2.18. The molecule has 0 saturated heterocycles. The Morgan fingerprint density at radius 2 is 2.00 bits per heavy atom. The van der Waals surface area contributed by atoms with E-state index in [4.69, 9.17) is 0 Å². The van der Waals surface area contributed by atoms with Crippen molar-refractivity contribution < 1.29 is 4.79 Å². The number of carbonyl (C=O) groups is 1. The lowest BCUT2D eigenvalue weighted by Crippen LogP contribution is -2.23. The lowest BCUT2D eigenvalue weighted by Gasteiger charge is -2.10. The van der Waals surface area contributed by atoms with Gasteiger partial charge in [0.2, 0.25) is 0 Å². The third kappa shape index (κ3) is 3.77. The van der Waals surface area contributed by atoms with Crippen molar-refractivity contribution in [3.63, 3.8) is 0 Å². The number of carbonyl (C=O) groups excluding carboxylic acids is 1. The first-order valence-corrected chi connectivity index (χ1v) is 10.5. The van der Waals surface area contributed by atoms with E-state index >= 15 is 0 Å². The molecule has 3 rings (SSSR count). The van der Waals surface area contributed by atoms with E-state index in [0.717, 1.165) is 26.4 Å². The first kappa shape index (κ1) is 19.6. The molecule has 27 heavy (non-hydrogen) atoms. The average Bonchev–Trinajstić information content (AvgIpc) is 2.92. The minimum Gasteiger partial charge on any atom is -0.293 e. The van der Waals surface area contributed by atoms with Crippen LogP contribution in [0.5, 0.6) is 0 Å². The van der Waals surface area contributed by atoms with Gasteiger partial charge in [-0.15, -0.1) is 17.9 Å². The van der Waals surface area contributed by atoms with Crippen LogP contribution in [-0.2, 0) is 6.54 Å². The minimum absolute atomic E-state index is 0.0288. The van der Waals surface area contributed by atoms with Crippen LogP contribution in [0.2, 0.25) is 0 Å². The largest absolute Gasteiger partial charge is 0.293 e. The molecule has 0 N–H and O–H groups in total. The van der Waals surface area contributed by atoms with Gasteiger partial charge in [-0.2, -0.15) is 0 Å². The Bertz CT molecular complexity index is 1110. The summed E-state index contributed by atoms with van der Waals surface area (Å²) >= 11 is 2.82. The fourth-order valence-corrected chi connectivity index (χ4v) is 4.81. The van der Waals surface area contributed by atoms with Gasteiger partial charge in [0, 0.05) is 17.0 Å². The topological polar surface area (TPSA) is 52.0 Å². The first-order chi connectivity index (χ1) is 12.8. The van der Waals surface area contributed by atoms with Crippen LogP contribution in [0.15, 0.2) is 40.8 Å². The number of rotatable bonds is 6. The lowest BCUT2D eigenvalue weighted by molar-refractivity contribution is 0.102. The molecule has 0 radical (unpaired) electrons. The molecule has 0 amide bonds. The Morgan fingerprint density at radius 1 is 1.26 bits per heavy atom. The molecular weight excluding hydrogens is 376 g/mol. The van der Waals surface area contributed by atoms with Crippen LogP contribution < -0.4 is 5.56 Å². The quantitative estimate of drug-likeness (QED) is 0.258. The van der Waals surface area contributed by atoms with Gasteiger partial charge in [0.15, 0.2) is 10.9 Å². The highest BCUT2D eigenvalue weighted by molar-refractivity contribution is 7.99. The van der Waals surface area contributed by atoms with Crippen LogP contribution >= 0.6 is 23.1 Å². The second kappa shape index (κ2) is 7.82. The van der Waals surface area contributed by atoms with E-state index < -0.39 is 0 Å². The summed E-state index contributed by atoms with van der Waals surface area (Å²) in [4.78, 5) is 32.1. The van der Waals surface area contributed by atoms with Crippen molar-refractivity contribution in [3.8, 4) is 0 Å². The van der Waals surface area contributed by atoms with Gasteiger partial charge in [-0.3, -0.25) is 14.2 Å². The zero-order valence-electron chi connectivity index (χ0n) is 16.0. The molecule has 0 aliphatic carbocycles. The zero-order valence-corrected chi connectivity index (χ0v) is 17.6. The summed E-state index contributed by atoms with van der Waals surface area (Å²) in [7, 11) is 0. The molecule has 2 heterocycles. The van der Waals surface area contributed by atoms with Crippen LogP contribution in [0.1, 0.15) is 31.9 Å². The van der Waals surface area contributed by atoms with E-state index in [1.807, 2.05) is 45.9 Å². The number of aromatic nitrogens is 2. The maximum atomic E-state index is 13.0. The van der Waals surface area contributed by atoms with Gasteiger partial charge in [0.05, 0.1) is 11.1 Å². The van der Waals surface area contributed by atoms with E-state index in [2.05, 4.69) is 11.6 Å². The summed E-state index contributed by atoms with van der Waals surface area (Å²) in [6.45, 7) is 12.1. The average molecular weight is 399 g/mol. The van der Waals surface area contributed by atoms with Crippen LogP contribution in [0.4, 0.5) is 0 Å². The van der Waals surface area contributed by atoms with Crippen LogP contribution in [-0.4, -0.2) is 21.1 Å². The number of hydrogen-bond donors (Lipinski definition) is 0. The predicted octanol–water partition coefficient (Wildman–Crippen LogP) is 4.85. The maximum absolute atomic E-state index is 13.0. The van der Waals surface area contributed by atoms with Gasteiger partial charge in [-0.05, 0) is 50.5 Å². The minimum atomic E-state index is -0.0668. The highest BCUT2D eigenvalue weighted by atomic mass is 32.2. The highest BCUT2D eigenvalue weighted by Crippen LogP contribution is 2.28. The number of ketones is 1. The molecule has 0 fully saturated rings. The number of aryl methyl sites for hydroxylation is 4. The molecule has 0 aliphatic heterocycles. The molecule has 4 nitrogen and oxygen atoms in total. The van der Waals surface area contributed by atoms with E-state index in [1.165, 1.54) is 23.1 Å². The molecule has 6 heteroatoms. The van der Waals surface area contributed by atoms with Crippen molar-refractivity contribution in [2.45, 2.75) is 39.4 Å². The van der Waals surface area contributed by atoms with Crippen molar-refractivity contribution in [3.05, 3.63) is 68.3 Å². The predicted molar refractivity (Wildman–Crippen MR) is 115 cm³/mol. The number of thiophene rings is 1. The van der Waals surface area contributed by atoms with E-state index in [0.29, 0.717) is 22.7 Å². The number of allylic oxidation sites excluding steroid dienone is 1. The summed E-state index contributed by atoms with van der Waals surface area (Å²) in [5, 5.41) is 1.23. The number of Topliss-reactive ketones (excluding diaryl/α,β-unsaturated/α-hetero) is 1. The SMILES string of the molecule is C=CCn1c(SCC(=O)c2ccc(C)c(C)c2)nc2sc(C)c(C)c2c1=O. The molecule has 0 saturated carbocycles. The van der Waals surface area contributed by atoms with Crippen LogP contribution in [0.3, 0.4) is 0 Å². The Morgan fingerprint density at radius 3 is 2.67 bits per heavy atom. The number of thioether (sulfide) groups is 1. The normalized spacial score (nSPS) is 11.1. The zero-order chi connectivity index (χ0) is 19.7. The molecule has 0 spiro atoms. The standard InChI is InChI=1S/C21H22N2O2S2/c1-6-9-23-20(25)18-14(4)15(5)27-19(18)22-21(23)26-11-17(24)16-8-7-12(2)13(3)10-16/h6-8,10H,1,9,11H2,2-5H3. The molecule has 0 unspecified atom stereocenters.